The van der Waals surface area contributed by atoms with E-state index in [-0.39, 0.29) is 5.17 Å². The van der Waals surface area contributed by atoms with E-state index >= 15 is 0 Å². The van der Waals surface area contributed by atoms with E-state index in [4.69, 9.17) is 0 Å². The largest absolute Gasteiger partial charge is 0.375 e. The lowest BCUT2D eigenvalue weighted by molar-refractivity contribution is 0.611. The SMILES string of the molecule is C=C(NC)NC(=NC)S(C)(=O)=O. The molecule has 0 atom stereocenters. The Morgan fingerprint density at radius 3 is 2.25 bits per heavy atom. The lowest BCUT2D eigenvalue weighted by Crippen LogP contribution is -2.33. The molecular weight excluding hydrogens is 178 g/mol. The van der Waals surface area contributed by atoms with E-state index in [0.717, 1.165) is 6.26 Å². The Labute approximate surface area is 72.5 Å². The van der Waals surface area contributed by atoms with E-state index in [1.807, 2.05) is 0 Å². The van der Waals surface area contributed by atoms with Crippen molar-refractivity contribution in [3.63, 3.8) is 0 Å². The van der Waals surface area contributed by atoms with Crippen LogP contribution < -0.4 is 10.6 Å². The summed E-state index contributed by atoms with van der Waals surface area (Å²) < 4.78 is 21.9. The molecular formula is C6H13N3O2S. The summed E-state index contributed by atoms with van der Waals surface area (Å²) in [5.74, 6) is 0.390. The minimum atomic E-state index is -3.28. The topological polar surface area (TPSA) is 70.6 Å². The third-order valence-corrected chi connectivity index (χ3v) is 2.10. The van der Waals surface area contributed by atoms with Crippen molar-refractivity contribution in [1.82, 2.24) is 10.6 Å². The maximum atomic E-state index is 11.0. The van der Waals surface area contributed by atoms with Crippen molar-refractivity contribution in [3.8, 4) is 0 Å². The molecule has 0 aliphatic heterocycles. The molecule has 0 spiro atoms. The zero-order valence-corrected chi connectivity index (χ0v) is 8.20. The molecule has 0 aromatic heterocycles. The van der Waals surface area contributed by atoms with Crippen molar-refractivity contribution in [2.45, 2.75) is 0 Å². The van der Waals surface area contributed by atoms with Gasteiger partial charge in [0.25, 0.3) is 0 Å². The maximum Gasteiger partial charge on any atom is 0.221 e. The van der Waals surface area contributed by atoms with E-state index in [2.05, 4.69) is 22.2 Å². The molecule has 0 fully saturated rings. The predicted octanol–water partition coefficient (Wildman–Crippen LogP) is -0.703. The summed E-state index contributed by atoms with van der Waals surface area (Å²) in [6.45, 7) is 3.51. The Morgan fingerprint density at radius 2 is 2.00 bits per heavy atom. The van der Waals surface area contributed by atoms with Gasteiger partial charge in [-0.2, -0.15) is 0 Å². The Hall–Kier alpha value is -1.04. The Morgan fingerprint density at radius 1 is 1.50 bits per heavy atom. The van der Waals surface area contributed by atoms with Gasteiger partial charge in [0.15, 0.2) is 0 Å². The number of hydrogen-bond donors (Lipinski definition) is 2. The van der Waals surface area contributed by atoms with E-state index in [1.165, 1.54) is 7.05 Å². The van der Waals surface area contributed by atoms with Gasteiger partial charge in [0.2, 0.25) is 15.0 Å². The van der Waals surface area contributed by atoms with Gasteiger partial charge < -0.3 is 10.6 Å². The van der Waals surface area contributed by atoms with Crippen LogP contribution in [0.2, 0.25) is 0 Å². The molecule has 5 nitrogen and oxygen atoms in total. The number of hydrogen-bond acceptors (Lipinski definition) is 4. The first-order valence-corrected chi connectivity index (χ1v) is 5.11. The van der Waals surface area contributed by atoms with Gasteiger partial charge in [0.1, 0.15) is 0 Å². The molecule has 0 radical (unpaired) electrons. The molecule has 0 rings (SSSR count). The highest BCUT2D eigenvalue weighted by molar-refractivity contribution is 8.05. The quantitative estimate of drug-likeness (QED) is 0.447. The molecule has 0 aliphatic carbocycles. The number of rotatable bonds is 2. The molecule has 6 heteroatoms. The minimum absolute atomic E-state index is 0.0955. The summed E-state index contributed by atoms with van der Waals surface area (Å²) in [7, 11) is -0.257. The van der Waals surface area contributed by atoms with Crippen LogP contribution >= 0.6 is 0 Å². The van der Waals surface area contributed by atoms with Gasteiger partial charge in [-0.1, -0.05) is 6.58 Å². The second-order valence-corrected chi connectivity index (χ2v) is 4.09. The summed E-state index contributed by atoms with van der Waals surface area (Å²) >= 11 is 0. The van der Waals surface area contributed by atoms with Gasteiger partial charge in [-0.3, -0.25) is 4.99 Å². The van der Waals surface area contributed by atoms with Gasteiger partial charge in [0.05, 0.1) is 5.82 Å². The Kier molecular flexibility index (Phi) is 3.75. The molecule has 0 aromatic rings. The van der Waals surface area contributed by atoms with Gasteiger partial charge >= 0.3 is 0 Å². The molecule has 0 bridgehead atoms. The van der Waals surface area contributed by atoms with Crippen LogP contribution in [0.1, 0.15) is 0 Å². The lowest BCUT2D eigenvalue weighted by atomic mass is 10.8. The molecule has 0 saturated carbocycles. The number of nitrogens with one attached hydrogen (secondary N) is 2. The minimum Gasteiger partial charge on any atom is -0.375 e. The first-order chi connectivity index (χ1) is 5.41. The summed E-state index contributed by atoms with van der Waals surface area (Å²) in [5, 5.41) is 5.07. The zero-order chi connectivity index (χ0) is 9.78. The van der Waals surface area contributed by atoms with Gasteiger partial charge in [-0.25, -0.2) is 8.42 Å². The summed E-state index contributed by atoms with van der Waals surface area (Å²) in [5.41, 5.74) is 0. The Balaban J connectivity index is 4.54. The third-order valence-electron chi connectivity index (χ3n) is 1.11. The fourth-order valence-corrected chi connectivity index (χ4v) is 1.15. The molecule has 0 aromatic carbocycles. The van der Waals surface area contributed by atoms with Crippen molar-refractivity contribution in [1.29, 1.82) is 0 Å². The van der Waals surface area contributed by atoms with Crippen LogP contribution in [0.4, 0.5) is 0 Å². The molecule has 70 valence electrons. The van der Waals surface area contributed by atoms with Crippen LogP contribution in [0.25, 0.3) is 0 Å². The zero-order valence-electron chi connectivity index (χ0n) is 7.38. The van der Waals surface area contributed by atoms with Crippen molar-refractivity contribution in [2.24, 2.45) is 4.99 Å². The molecule has 0 saturated heterocycles. The highest BCUT2D eigenvalue weighted by Gasteiger charge is 2.11. The molecule has 0 amide bonds. The van der Waals surface area contributed by atoms with Crippen molar-refractivity contribution in [2.75, 3.05) is 20.4 Å². The van der Waals surface area contributed by atoms with Gasteiger partial charge in [-0.05, 0) is 0 Å². The number of sulfone groups is 1. The molecule has 0 aliphatic rings. The monoisotopic (exact) mass is 191 g/mol. The number of amidine groups is 1. The van der Waals surface area contributed by atoms with Crippen molar-refractivity contribution >= 4 is 15.0 Å². The predicted molar refractivity (Wildman–Crippen MR) is 49.5 cm³/mol. The number of aliphatic imine (C=N–C) groups is 1. The summed E-state index contributed by atoms with van der Waals surface area (Å²) in [6.07, 6.45) is 1.07. The molecule has 0 unspecified atom stereocenters. The van der Waals surface area contributed by atoms with Crippen LogP contribution in [0, 0.1) is 0 Å². The van der Waals surface area contributed by atoms with Crippen LogP contribution in [0.3, 0.4) is 0 Å². The van der Waals surface area contributed by atoms with Crippen LogP contribution in [-0.4, -0.2) is 33.9 Å². The average Bonchev–Trinajstić information content (AvgIpc) is 1.97. The fourth-order valence-electron chi connectivity index (χ4n) is 0.506. The van der Waals surface area contributed by atoms with E-state index in [1.54, 1.807) is 7.05 Å². The summed E-state index contributed by atoms with van der Waals surface area (Å²) in [4.78, 5) is 3.56. The van der Waals surface area contributed by atoms with Crippen LogP contribution in [0.15, 0.2) is 17.4 Å². The second-order valence-electron chi connectivity index (χ2n) is 2.15. The molecule has 2 N–H and O–H groups in total. The van der Waals surface area contributed by atoms with Crippen molar-refractivity contribution < 1.29 is 8.42 Å². The second kappa shape index (κ2) is 4.10. The third kappa shape index (κ3) is 3.38. The first kappa shape index (κ1) is 11.0. The lowest BCUT2D eigenvalue weighted by Gasteiger charge is -2.08. The number of nitrogens with zero attached hydrogens (tertiary/aromatic N) is 1. The van der Waals surface area contributed by atoms with Crippen molar-refractivity contribution in [3.05, 3.63) is 12.4 Å². The highest BCUT2D eigenvalue weighted by atomic mass is 32.2. The standard InChI is InChI=1S/C6H13N3O2S/c1-5(7-2)9-6(8-3)12(4,10)11/h7H,1H2,2-4H3,(H,8,9). The molecule has 12 heavy (non-hydrogen) atoms. The van der Waals surface area contributed by atoms with E-state index in [0.29, 0.717) is 5.82 Å². The van der Waals surface area contributed by atoms with Gasteiger partial charge in [-0.15, -0.1) is 0 Å². The van der Waals surface area contributed by atoms with Crippen LogP contribution in [-0.2, 0) is 9.84 Å². The maximum absolute atomic E-state index is 11.0. The highest BCUT2D eigenvalue weighted by Crippen LogP contribution is 1.87. The molecule has 0 heterocycles. The van der Waals surface area contributed by atoms with Crippen LogP contribution in [0.5, 0.6) is 0 Å². The Bertz CT molecular complexity index is 292. The normalized spacial score (nSPS) is 12.4. The van der Waals surface area contributed by atoms with Gasteiger partial charge in [0, 0.05) is 20.4 Å². The first-order valence-electron chi connectivity index (χ1n) is 3.22. The smallest absolute Gasteiger partial charge is 0.221 e. The fraction of sp³-hybridized carbons (Fsp3) is 0.500. The summed E-state index contributed by atoms with van der Waals surface area (Å²) in [6, 6.07) is 0. The van der Waals surface area contributed by atoms with E-state index in [9.17, 15) is 8.42 Å². The average molecular weight is 191 g/mol. The van der Waals surface area contributed by atoms with E-state index < -0.39 is 9.84 Å².